The summed E-state index contributed by atoms with van der Waals surface area (Å²) in [5.74, 6) is -6.23. The Morgan fingerprint density at radius 1 is 0.575 bits per heavy atom. The Hall–Kier alpha value is -8.51. The molecule has 73 heavy (non-hydrogen) atoms. The standard InChI is InChI=1S/C55H62FN9O8/c1-34(2)30-44(50(68)64-46(52(70)62-43(54(72)73)14-9-29-57)32-36-15-22-40(23-16-36)49(67)39-12-7-4-8-13-39)63-53(71)47(33-38-19-26-42(27-20-38)60-55(58)59)65-51(69)45(31-37-17-24-41(56)25-18-37)61-48(66)28-21-35-10-5-3-6-11-35/h3-8,10-13,15-28,34,43-47H,9,14,29-33,57H2,1-2H3,(H,61,66)(H,62,70)(H,63,71)(H,64,68)(H,65,69)(H,72,73)(H4,58,59,60)/b28-21+/t43-,44-,45-,46-,47-/m0/s1. The molecule has 18 heteroatoms. The van der Waals surface area contributed by atoms with Gasteiger partial charge >= 0.3 is 5.97 Å². The number of benzene rings is 5. The molecule has 0 heterocycles. The van der Waals surface area contributed by atoms with Crippen molar-refractivity contribution in [2.75, 3.05) is 6.54 Å². The number of aliphatic imine (C=N–C) groups is 1. The number of guanidine groups is 1. The monoisotopic (exact) mass is 995 g/mol. The fourth-order valence-corrected chi connectivity index (χ4v) is 7.69. The van der Waals surface area contributed by atoms with Gasteiger partial charge in [0.15, 0.2) is 11.7 Å². The highest BCUT2D eigenvalue weighted by Crippen LogP contribution is 2.17. The van der Waals surface area contributed by atoms with Crippen molar-refractivity contribution in [3.05, 3.63) is 179 Å². The highest BCUT2D eigenvalue weighted by molar-refractivity contribution is 6.09. The van der Waals surface area contributed by atoms with Crippen molar-refractivity contribution >= 4 is 59.0 Å². The molecule has 0 aliphatic rings. The molecule has 0 saturated carbocycles. The number of ketones is 1. The summed E-state index contributed by atoms with van der Waals surface area (Å²) < 4.78 is 14.0. The lowest BCUT2D eigenvalue weighted by molar-refractivity contribution is -0.142. The number of carboxylic acid groups (broad SMARTS) is 1. The predicted molar refractivity (Wildman–Crippen MR) is 276 cm³/mol. The Labute approximate surface area is 423 Å². The van der Waals surface area contributed by atoms with Crippen LogP contribution in [0.2, 0.25) is 0 Å². The molecular weight excluding hydrogens is 934 g/mol. The van der Waals surface area contributed by atoms with E-state index in [0.717, 1.165) is 5.56 Å². The number of nitrogens with one attached hydrogen (secondary N) is 5. The minimum atomic E-state index is -1.38. The highest BCUT2D eigenvalue weighted by Gasteiger charge is 2.33. The summed E-state index contributed by atoms with van der Waals surface area (Å²) in [6.07, 6.45) is 2.82. The summed E-state index contributed by atoms with van der Waals surface area (Å²) >= 11 is 0. The van der Waals surface area contributed by atoms with Crippen LogP contribution in [0.25, 0.3) is 6.08 Å². The van der Waals surface area contributed by atoms with Gasteiger partial charge in [-0.1, -0.05) is 123 Å². The van der Waals surface area contributed by atoms with Gasteiger partial charge in [-0.3, -0.25) is 28.8 Å². The van der Waals surface area contributed by atoms with Crippen molar-refractivity contribution in [1.82, 2.24) is 26.6 Å². The maximum atomic E-state index is 14.6. The van der Waals surface area contributed by atoms with E-state index in [2.05, 4.69) is 31.6 Å². The van der Waals surface area contributed by atoms with Crippen LogP contribution in [0.1, 0.15) is 71.3 Å². The first-order valence-electron chi connectivity index (χ1n) is 23.8. The van der Waals surface area contributed by atoms with Gasteiger partial charge in [0.2, 0.25) is 29.5 Å². The SMILES string of the molecule is CC(C)C[C@H](NC(=O)[C@H](Cc1ccc(N=C(N)N)cc1)NC(=O)[C@H](Cc1ccc(F)cc1)NC(=O)/C=C/c1ccccc1)C(=O)N[C@@H](Cc1ccc(C(=O)c2ccccc2)cc1)C(=O)N[C@@H](CCCN)C(=O)O. The Bertz CT molecular complexity index is 2720. The quantitative estimate of drug-likeness (QED) is 0.0165. The van der Waals surface area contributed by atoms with Gasteiger partial charge in [-0.2, -0.15) is 0 Å². The van der Waals surface area contributed by atoms with E-state index in [1.165, 1.54) is 30.3 Å². The van der Waals surface area contributed by atoms with Crippen molar-refractivity contribution in [2.45, 2.75) is 82.6 Å². The molecule has 0 aliphatic carbocycles. The van der Waals surface area contributed by atoms with Gasteiger partial charge in [0.25, 0.3) is 0 Å². The second-order valence-corrected chi connectivity index (χ2v) is 17.8. The predicted octanol–water partition coefficient (Wildman–Crippen LogP) is 4.00. The molecule has 5 atom stereocenters. The number of carbonyl (C=O) groups excluding carboxylic acids is 6. The van der Waals surface area contributed by atoms with Gasteiger partial charge in [0, 0.05) is 36.5 Å². The van der Waals surface area contributed by atoms with Gasteiger partial charge in [0.1, 0.15) is 36.0 Å². The zero-order valence-electron chi connectivity index (χ0n) is 40.6. The molecule has 0 spiro atoms. The summed E-state index contributed by atoms with van der Waals surface area (Å²) in [5, 5.41) is 23.5. The molecule has 382 valence electrons. The molecule has 0 aliphatic heterocycles. The maximum absolute atomic E-state index is 14.6. The van der Waals surface area contributed by atoms with Crippen LogP contribution in [-0.4, -0.2) is 89.1 Å². The van der Waals surface area contributed by atoms with Gasteiger partial charge in [-0.15, -0.1) is 0 Å². The third-order valence-corrected chi connectivity index (χ3v) is 11.5. The molecule has 0 saturated heterocycles. The maximum Gasteiger partial charge on any atom is 0.326 e. The lowest BCUT2D eigenvalue weighted by Crippen LogP contribution is -2.59. The van der Waals surface area contributed by atoms with Crippen LogP contribution in [0.5, 0.6) is 0 Å². The highest BCUT2D eigenvalue weighted by atomic mass is 19.1. The van der Waals surface area contributed by atoms with E-state index >= 15 is 0 Å². The molecule has 12 N–H and O–H groups in total. The van der Waals surface area contributed by atoms with E-state index in [-0.39, 0.29) is 62.7 Å². The molecule has 0 radical (unpaired) electrons. The number of nitrogens with two attached hydrogens (primary N) is 3. The first-order valence-corrected chi connectivity index (χ1v) is 23.8. The number of hydrogen-bond acceptors (Lipinski definition) is 9. The van der Waals surface area contributed by atoms with Crippen LogP contribution in [0.15, 0.2) is 145 Å². The second kappa shape index (κ2) is 27.8. The third kappa shape index (κ3) is 18.3. The molecule has 5 rings (SSSR count). The van der Waals surface area contributed by atoms with Crippen molar-refractivity contribution in [1.29, 1.82) is 0 Å². The van der Waals surface area contributed by atoms with Crippen LogP contribution in [-0.2, 0) is 48.0 Å². The van der Waals surface area contributed by atoms with Gasteiger partial charge in [-0.25, -0.2) is 14.2 Å². The molecule has 5 amide bonds. The normalized spacial score (nSPS) is 13.1. The van der Waals surface area contributed by atoms with E-state index in [9.17, 15) is 43.1 Å². The van der Waals surface area contributed by atoms with Gasteiger partial charge in [-0.05, 0) is 84.3 Å². The smallest absolute Gasteiger partial charge is 0.326 e. The molecule has 0 aromatic heterocycles. The lowest BCUT2D eigenvalue weighted by Gasteiger charge is -2.28. The van der Waals surface area contributed by atoms with Crippen LogP contribution >= 0.6 is 0 Å². The van der Waals surface area contributed by atoms with Crippen LogP contribution < -0.4 is 43.8 Å². The molecule has 5 aromatic rings. The number of carboxylic acids is 1. The first-order chi connectivity index (χ1) is 35.0. The van der Waals surface area contributed by atoms with E-state index in [1.807, 2.05) is 19.9 Å². The lowest BCUT2D eigenvalue weighted by atomic mass is 9.98. The minimum Gasteiger partial charge on any atom is -0.480 e. The van der Waals surface area contributed by atoms with Crippen LogP contribution in [0, 0.1) is 11.7 Å². The second-order valence-electron chi connectivity index (χ2n) is 17.8. The van der Waals surface area contributed by atoms with Crippen molar-refractivity contribution in [2.24, 2.45) is 28.1 Å². The van der Waals surface area contributed by atoms with Crippen LogP contribution in [0.3, 0.4) is 0 Å². The Morgan fingerprint density at radius 3 is 1.51 bits per heavy atom. The number of nitrogens with zero attached hydrogens (tertiary/aromatic N) is 1. The number of rotatable bonds is 26. The zero-order chi connectivity index (χ0) is 52.9. The van der Waals surface area contributed by atoms with Crippen LogP contribution in [0.4, 0.5) is 10.1 Å². The average Bonchev–Trinajstić information content (AvgIpc) is 3.37. The largest absolute Gasteiger partial charge is 0.480 e. The van der Waals surface area contributed by atoms with Crippen molar-refractivity contribution in [3.63, 3.8) is 0 Å². The minimum absolute atomic E-state index is 0.0174. The topological polar surface area (TPSA) is 290 Å². The first kappa shape index (κ1) is 55.4. The number of amides is 5. The number of hydrogen-bond donors (Lipinski definition) is 9. The zero-order valence-corrected chi connectivity index (χ0v) is 40.6. The van der Waals surface area contributed by atoms with Gasteiger partial charge < -0.3 is 48.9 Å². The number of carbonyl (C=O) groups is 7. The summed E-state index contributed by atoms with van der Waals surface area (Å²) in [4.78, 5) is 100. The molecule has 0 unspecified atom stereocenters. The van der Waals surface area contributed by atoms with Gasteiger partial charge in [0.05, 0.1) is 5.69 Å². The van der Waals surface area contributed by atoms with E-state index in [1.54, 1.807) is 109 Å². The van der Waals surface area contributed by atoms with Crippen molar-refractivity contribution in [3.8, 4) is 0 Å². The molecular formula is C55H62FN9O8. The Kier molecular flexibility index (Phi) is 21.1. The summed E-state index contributed by atoms with van der Waals surface area (Å²) in [6.45, 7) is 3.80. The molecule has 5 aromatic carbocycles. The molecule has 17 nitrogen and oxygen atoms in total. The molecule has 0 fully saturated rings. The summed E-state index contributed by atoms with van der Waals surface area (Å²) in [6, 6.07) is 29.3. The Balaban J connectivity index is 1.44. The average molecular weight is 996 g/mol. The van der Waals surface area contributed by atoms with E-state index in [4.69, 9.17) is 17.2 Å². The van der Waals surface area contributed by atoms with E-state index < -0.39 is 71.5 Å². The fourth-order valence-electron chi connectivity index (χ4n) is 7.69. The molecule has 0 bridgehead atoms. The summed E-state index contributed by atoms with van der Waals surface area (Å²) in [5.41, 5.74) is 20.3. The Morgan fingerprint density at radius 2 is 1.01 bits per heavy atom. The van der Waals surface area contributed by atoms with E-state index in [0.29, 0.717) is 33.5 Å². The number of halogens is 1. The fraction of sp³-hybridized carbons (Fsp3) is 0.273. The summed E-state index contributed by atoms with van der Waals surface area (Å²) in [7, 11) is 0. The third-order valence-electron chi connectivity index (χ3n) is 11.5. The van der Waals surface area contributed by atoms with Crippen molar-refractivity contribution < 1.29 is 43.1 Å². The number of aliphatic carboxylic acids is 1.